The van der Waals surface area contributed by atoms with E-state index in [9.17, 15) is 9.59 Å². The maximum absolute atomic E-state index is 13.6. The maximum atomic E-state index is 13.6. The molecule has 0 aliphatic carbocycles. The fraction of sp³-hybridized carbons (Fsp3) is 0.259. The molecule has 7 heteroatoms. The first kappa shape index (κ1) is 26.1. The maximum Gasteiger partial charge on any atom is 0.243 e. The summed E-state index contributed by atoms with van der Waals surface area (Å²) in [7, 11) is 0. The molecule has 3 aromatic carbocycles. The minimum Gasteiger partial charge on any atom is -0.354 e. The van der Waals surface area contributed by atoms with Gasteiger partial charge in [0.05, 0.1) is 5.75 Å². The Bertz CT molecular complexity index is 1080. The number of halogens is 2. The summed E-state index contributed by atoms with van der Waals surface area (Å²) in [6.45, 7) is 2.76. The largest absolute Gasteiger partial charge is 0.354 e. The van der Waals surface area contributed by atoms with E-state index in [0.29, 0.717) is 23.0 Å². The summed E-state index contributed by atoms with van der Waals surface area (Å²) in [6, 6.07) is 24.0. The van der Waals surface area contributed by atoms with Crippen LogP contribution in [0.15, 0.2) is 83.8 Å². The Hall–Kier alpha value is -2.47. The van der Waals surface area contributed by atoms with Crippen molar-refractivity contribution in [3.05, 3.63) is 100 Å². The Balaban J connectivity index is 1.91. The van der Waals surface area contributed by atoms with Gasteiger partial charge in [0.25, 0.3) is 0 Å². The zero-order valence-corrected chi connectivity index (χ0v) is 21.4. The van der Waals surface area contributed by atoms with E-state index in [1.165, 1.54) is 11.8 Å². The van der Waals surface area contributed by atoms with Gasteiger partial charge in [-0.3, -0.25) is 9.59 Å². The third-order valence-electron chi connectivity index (χ3n) is 5.28. The van der Waals surface area contributed by atoms with E-state index in [1.807, 2.05) is 67.6 Å². The Kier molecular flexibility index (Phi) is 10.3. The number of hydrogen-bond acceptors (Lipinski definition) is 3. The van der Waals surface area contributed by atoms with Crippen LogP contribution < -0.4 is 5.32 Å². The fourth-order valence-corrected chi connectivity index (χ4v) is 4.77. The van der Waals surface area contributed by atoms with Gasteiger partial charge in [0.15, 0.2) is 0 Å². The number of nitrogens with zero attached hydrogens (tertiary/aromatic N) is 1. The zero-order chi connectivity index (χ0) is 24.3. The molecule has 0 saturated heterocycles. The molecular formula is C27H28Cl2N2O2S. The molecular weight excluding hydrogens is 487 g/mol. The Morgan fingerprint density at radius 3 is 2.29 bits per heavy atom. The average Bonchev–Trinajstić information content (AvgIpc) is 2.85. The van der Waals surface area contributed by atoms with E-state index < -0.39 is 6.04 Å². The van der Waals surface area contributed by atoms with Gasteiger partial charge in [0.2, 0.25) is 11.8 Å². The number of thioether (sulfide) groups is 1. The number of amides is 2. The highest BCUT2D eigenvalue weighted by Gasteiger charge is 2.30. The molecule has 34 heavy (non-hydrogen) atoms. The van der Waals surface area contributed by atoms with Gasteiger partial charge in [-0.1, -0.05) is 84.7 Å². The van der Waals surface area contributed by atoms with Gasteiger partial charge in [0.1, 0.15) is 6.04 Å². The second-order valence-corrected chi connectivity index (χ2v) is 9.75. The Morgan fingerprint density at radius 2 is 1.65 bits per heavy atom. The molecule has 178 valence electrons. The quantitative estimate of drug-likeness (QED) is 0.307. The van der Waals surface area contributed by atoms with Crippen LogP contribution in [0.25, 0.3) is 0 Å². The minimum absolute atomic E-state index is 0.132. The number of hydrogen-bond donors (Lipinski definition) is 1. The zero-order valence-electron chi connectivity index (χ0n) is 19.0. The van der Waals surface area contributed by atoms with E-state index in [4.69, 9.17) is 23.2 Å². The van der Waals surface area contributed by atoms with Crippen LogP contribution in [0.1, 0.15) is 24.5 Å². The van der Waals surface area contributed by atoms with Crippen molar-refractivity contribution in [2.24, 2.45) is 0 Å². The molecule has 0 spiro atoms. The van der Waals surface area contributed by atoms with Crippen LogP contribution in [0.4, 0.5) is 0 Å². The first-order chi connectivity index (χ1) is 16.5. The van der Waals surface area contributed by atoms with Crippen molar-refractivity contribution in [2.45, 2.75) is 37.2 Å². The highest BCUT2D eigenvalue weighted by atomic mass is 35.5. The lowest BCUT2D eigenvalue weighted by Crippen LogP contribution is -2.51. The first-order valence-corrected chi connectivity index (χ1v) is 12.9. The Morgan fingerprint density at radius 1 is 0.971 bits per heavy atom. The summed E-state index contributed by atoms with van der Waals surface area (Å²) in [5, 5.41) is 3.96. The number of benzene rings is 3. The molecule has 0 radical (unpaired) electrons. The number of rotatable bonds is 11. The molecule has 3 rings (SSSR count). The second-order valence-electron chi connectivity index (χ2n) is 7.86. The van der Waals surface area contributed by atoms with Gasteiger partial charge in [-0.2, -0.15) is 0 Å². The van der Waals surface area contributed by atoms with Gasteiger partial charge >= 0.3 is 0 Å². The lowest BCUT2D eigenvalue weighted by Gasteiger charge is -2.32. The summed E-state index contributed by atoms with van der Waals surface area (Å²) < 4.78 is 0. The first-order valence-electron chi connectivity index (χ1n) is 11.2. The van der Waals surface area contributed by atoms with Crippen molar-refractivity contribution in [1.82, 2.24) is 10.2 Å². The van der Waals surface area contributed by atoms with Gasteiger partial charge in [-0.15, -0.1) is 11.8 Å². The summed E-state index contributed by atoms with van der Waals surface area (Å²) >= 11 is 14.0. The average molecular weight is 516 g/mol. The monoisotopic (exact) mass is 514 g/mol. The normalized spacial score (nSPS) is 11.6. The van der Waals surface area contributed by atoms with Gasteiger partial charge < -0.3 is 10.2 Å². The van der Waals surface area contributed by atoms with Gasteiger partial charge in [0, 0.05) is 34.5 Å². The third kappa shape index (κ3) is 7.79. The molecule has 0 aromatic heterocycles. The van der Waals surface area contributed by atoms with Crippen LogP contribution in [-0.4, -0.2) is 35.1 Å². The Labute approximate surface area is 215 Å². The number of nitrogens with one attached hydrogen (secondary N) is 1. The summed E-state index contributed by atoms with van der Waals surface area (Å²) in [5.74, 6) is -0.0945. The number of carbonyl (C=O) groups excluding carboxylic acids is 2. The lowest BCUT2D eigenvalue weighted by molar-refractivity contribution is -0.139. The molecule has 4 nitrogen and oxygen atoms in total. The van der Waals surface area contributed by atoms with Crippen molar-refractivity contribution in [3.63, 3.8) is 0 Å². The minimum atomic E-state index is -0.676. The molecule has 0 aliphatic rings. The van der Waals surface area contributed by atoms with E-state index in [-0.39, 0.29) is 24.1 Å². The summed E-state index contributed by atoms with van der Waals surface area (Å²) in [4.78, 5) is 29.5. The van der Waals surface area contributed by atoms with Gasteiger partial charge in [-0.25, -0.2) is 0 Å². The van der Waals surface area contributed by atoms with E-state index in [0.717, 1.165) is 22.4 Å². The smallest absolute Gasteiger partial charge is 0.243 e. The van der Waals surface area contributed by atoms with E-state index in [1.54, 1.807) is 23.1 Å². The van der Waals surface area contributed by atoms with Crippen LogP contribution in [0.2, 0.25) is 10.0 Å². The molecule has 0 saturated carbocycles. The molecule has 1 unspecified atom stereocenters. The molecule has 2 amide bonds. The summed E-state index contributed by atoms with van der Waals surface area (Å²) in [6.07, 6.45) is 1.22. The third-order valence-corrected chi connectivity index (χ3v) is 6.87. The fourth-order valence-electron chi connectivity index (χ4n) is 3.50. The topological polar surface area (TPSA) is 49.4 Å². The predicted octanol–water partition coefficient (Wildman–Crippen LogP) is 6.25. The van der Waals surface area contributed by atoms with Crippen molar-refractivity contribution in [3.8, 4) is 0 Å². The van der Waals surface area contributed by atoms with Crippen LogP contribution in [0, 0.1) is 0 Å². The molecule has 0 bridgehead atoms. The standard InChI is InChI=1S/C27H28Cl2N2O2S/c1-2-15-30-27(33)25(16-20-9-5-3-6-10-20)31(18-21-13-14-22(28)17-24(21)29)26(32)19-34-23-11-7-4-8-12-23/h3-14,17,25H,2,15-16,18-19H2,1H3,(H,30,33). The molecule has 3 aromatic rings. The molecule has 1 atom stereocenters. The van der Waals surface area contributed by atoms with E-state index in [2.05, 4.69) is 5.32 Å². The predicted molar refractivity (Wildman–Crippen MR) is 141 cm³/mol. The van der Waals surface area contributed by atoms with Crippen molar-refractivity contribution in [1.29, 1.82) is 0 Å². The van der Waals surface area contributed by atoms with E-state index >= 15 is 0 Å². The van der Waals surface area contributed by atoms with Crippen LogP contribution in [-0.2, 0) is 22.6 Å². The van der Waals surface area contributed by atoms with Crippen LogP contribution in [0.5, 0.6) is 0 Å². The molecule has 0 fully saturated rings. The molecule has 0 heterocycles. The lowest BCUT2D eigenvalue weighted by atomic mass is 10.0. The van der Waals surface area contributed by atoms with Crippen LogP contribution >= 0.6 is 35.0 Å². The van der Waals surface area contributed by atoms with Crippen molar-refractivity contribution in [2.75, 3.05) is 12.3 Å². The van der Waals surface area contributed by atoms with Crippen LogP contribution in [0.3, 0.4) is 0 Å². The molecule has 0 aliphatic heterocycles. The molecule has 1 N–H and O–H groups in total. The SMILES string of the molecule is CCCNC(=O)C(Cc1ccccc1)N(Cc1ccc(Cl)cc1Cl)C(=O)CSc1ccccc1. The number of carbonyl (C=O) groups is 2. The van der Waals surface area contributed by atoms with Gasteiger partial charge in [-0.05, 0) is 41.8 Å². The highest BCUT2D eigenvalue weighted by molar-refractivity contribution is 8.00. The second kappa shape index (κ2) is 13.4. The summed E-state index contributed by atoms with van der Waals surface area (Å²) in [5.41, 5.74) is 1.72. The van der Waals surface area contributed by atoms with Crippen molar-refractivity contribution < 1.29 is 9.59 Å². The van der Waals surface area contributed by atoms with Crippen molar-refractivity contribution >= 4 is 46.8 Å². The highest BCUT2D eigenvalue weighted by Crippen LogP contribution is 2.25.